The molecule has 0 aliphatic rings. The van der Waals surface area contributed by atoms with Crippen LogP contribution in [0.15, 0.2) is 24.3 Å². The van der Waals surface area contributed by atoms with E-state index in [0.717, 1.165) is 12.6 Å². The molecule has 4 heteroatoms. The van der Waals surface area contributed by atoms with Crippen molar-refractivity contribution in [2.24, 2.45) is 0 Å². The molecule has 1 aromatic carbocycles. The molecule has 18 heavy (non-hydrogen) atoms. The summed E-state index contributed by atoms with van der Waals surface area (Å²) in [5.74, 6) is -1.38. The minimum atomic E-state index is -1.04. The Morgan fingerprint density at radius 1 is 1.50 bits per heavy atom. The summed E-state index contributed by atoms with van der Waals surface area (Å²) in [6.07, 6.45) is 2.37. The van der Waals surface area contributed by atoms with Crippen molar-refractivity contribution in [3.8, 4) is 0 Å². The second-order valence-electron chi connectivity index (χ2n) is 4.26. The van der Waals surface area contributed by atoms with Gasteiger partial charge in [0.1, 0.15) is 5.82 Å². The summed E-state index contributed by atoms with van der Waals surface area (Å²) in [6.45, 7) is 6.69. The van der Waals surface area contributed by atoms with Crippen molar-refractivity contribution in [1.82, 2.24) is 0 Å². The molecule has 0 aromatic heterocycles. The number of benzene rings is 1. The van der Waals surface area contributed by atoms with Gasteiger partial charge in [-0.05, 0) is 44.5 Å². The Hall–Kier alpha value is -1.84. The van der Waals surface area contributed by atoms with E-state index in [-0.39, 0.29) is 11.9 Å². The average Bonchev–Trinajstić information content (AvgIpc) is 2.29. The minimum absolute atomic E-state index is 0.213. The van der Waals surface area contributed by atoms with E-state index >= 15 is 0 Å². The van der Waals surface area contributed by atoms with Crippen molar-refractivity contribution < 1.29 is 14.3 Å². The number of rotatable bonds is 5. The standard InChI is InChI=1S/C14H18FNO2/c1-4-16(10(2)3)13-7-5-11(9-12(13)15)6-8-14(17)18/h5-10H,4H2,1-3H3,(H,17,18)/b8-6+. The second kappa shape index (κ2) is 6.19. The molecule has 0 amide bonds. The highest BCUT2D eigenvalue weighted by atomic mass is 19.1. The highest BCUT2D eigenvalue weighted by molar-refractivity contribution is 5.85. The summed E-state index contributed by atoms with van der Waals surface area (Å²) in [4.78, 5) is 12.3. The molecule has 1 aromatic rings. The van der Waals surface area contributed by atoms with Crippen LogP contribution in [0.25, 0.3) is 6.08 Å². The summed E-state index contributed by atoms with van der Waals surface area (Å²) < 4.78 is 13.9. The lowest BCUT2D eigenvalue weighted by atomic mass is 10.1. The topological polar surface area (TPSA) is 40.5 Å². The number of halogens is 1. The third-order valence-corrected chi connectivity index (χ3v) is 2.66. The van der Waals surface area contributed by atoms with Gasteiger partial charge in [-0.25, -0.2) is 9.18 Å². The van der Waals surface area contributed by atoms with Gasteiger partial charge in [-0.2, -0.15) is 0 Å². The molecule has 0 atom stereocenters. The Labute approximate surface area is 107 Å². The molecule has 0 aliphatic heterocycles. The van der Waals surface area contributed by atoms with E-state index in [2.05, 4.69) is 0 Å². The summed E-state index contributed by atoms with van der Waals surface area (Å²) in [5.41, 5.74) is 1.08. The first-order valence-corrected chi connectivity index (χ1v) is 5.93. The van der Waals surface area contributed by atoms with Crippen molar-refractivity contribution >= 4 is 17.7 Å². The van der Waals surface area contributed by atoms with Gasteiger partial charge in [0.05, 0.1) is 5.69 Å². The Balaban J connectivity index is 3.02. The number of carboxylic acids is 1. The van der Waals surface area contributed by atoms with Crippen LogP contribution in [0, 0.1) is 5.82 Å². The first-order chi connectivity index (χ1) is 8.45. The molecule has 0 aliphatic carbocycles. The fourth-order valence-electron chi connectivity index (χ4n) is 1.84. The fourth-order valence-corrected chi connectivity index (χ4v) is 1.84. The van der Waals surface area contributed by atoms with Gasteiger partial charge in [-0.15, -0.1) is 0 Å². The lowest BCUT2D eigenvalue weighted by Crippen LogP contribution is -2.31. The molecular formula is C14H18FNO2. The summed E-state index contributed by atoms with van der Waals surface area (Å²) in [5, 5.41) is 8.51. The van der Waals surface area contributed by atoms with Crippen LogP contribution >= 0.6 is 0 Å². The Kier molecular flexibility index (Phi) is 4.89. The molecule has 98 valence electrons. The Morgan fingerprint density at radius 3 is 2.61 bits per heavy atom. The van der Waals surface area contributed by atoms with E-state index in [0.29, 0.717) is 11.3 Å². The quantitative estimate of drug-likeness (QED) is 0.817. The molecule has 3 nitrogen and oxygen atoms in total. The van der Waals surface area contributed by atoms with E-state index in [1.54, 1.807) is 12.1 Å². The van der Waals surface area contributed by atoms with Gasteiger partial charge in [0.15, 0.2) is 0 Å². The molecule has 0 fully saturated rings. The number of hydrogen-bond acceptors (Lipinski definition) is 2. The molecule has 0 bridgehead atoms. The highest BCUT2D eigenvalue weighted by Crippen LogP contribution is 2.22. The largest absolute Gasteiger partial charge is 0.478 e. The van der Waals surface area contributed by atoms with Gasteiger partial charge in [0.2, 0.25) is 0 Å². The average molecular weight is 251 g/mol. The second-order valence-corrected chi connectivity index (χ2v) is 4.26. The zero-order valence-electron chi connectivity index (χ0n) is 10.9. The molecule has 1 N–H and O–H groups in total. The maximum atomic E-state index is 13.9. The normalized spacial score (nSPS) is 11.2. The fraction of sp³-hybridized carbons (Fsp3) is 0.357. The molecule has 1 rings (SSSR count). The van der Waals surface area contributed by atoms with Crippen molar-refractivity contribution in [2.75, 3.05) is 11.4 Å². The lowest BCUT2D eigenvalue weighted by molar-refractivity contribution is -0.131. The highest BCUT2D eigenvalue weighted by Gasteiger charge is 2.12. The van der Waals surface area contributed by atoms with Crippen LogP contribution in [0.2, 0.25) is 0 Å². The number of aliphatic carboxylic acids is 1. The summed E-state index contributed by atoms with van der Waals surface area (Å²) in [6, 6.07) is 4.95. The van der Waals surface area contributed by atoms with E-state index in [4.69, 9.17) is 5.11 Å². The van der Waals surface area contributed by atoms with E-state index in [1.807, 2.05) is 25.7 Å². The molecule has 0 saturated carbocycles. The zero-order chi connectivity index (χ0) is 13.7. The molecule has 0 spiro atoms. The first kappa shape index (κ1) is 14.2. The molecule has 0 saturated heterocycles. The van der Waals surface area contributed by atoms with E-state index < -0.39 is 5.97 Å². The van der Waals surface area contributed by atoms with Gasteiger partial charge in [0, 0.05) is 18.7 Å². The van der Waals surface area contributed by atoms with Crippen molar-refractivity contribution in [3.05, 3.63) is 35.7 Å². The minimum Gasteiger partial charge on any atom is -0.478 e. The number of carboxylic acid groups (broad SMARTS) is 1. The van der Waals surface area contributed by atoms with Gasteiger partial charge < -0.3 is 10.0 Å². The zero-order valence-corrected chi connectivity index (χ0v) is 10.9. The third-order valence-electron chi connectivity index (χ3n) is 2.66. The third kappa shape index (κ3) is 3.58. The Morgan fingerprint density at radius 2 is 2.17 bits per heavy atom. The van der Waals surface area contributed by atoms with Gasteiger partial charge in [-0.3, -0.25) is 0 Å². The predicted octanol–water partition coefficient (Wildman–Crippen LogP) is 3.16. The lowest BCUT2D eigenvalue weighted by Gasteiger charge is -2.27. The smallest absolute Gasteiger partial charge is 0.328 e. The van der Waals surface area contributed by atoms with Crippen LogP contribution in [-0.4, -0.2) is 23.7 Å². The molecule has 0 radical (unpaired) electrons. The summed E-state index contributed by atoms with van der Waals surface area (Å²) in [7, 11) is 0. The number of carbonyl (C=O) groups is 1. The number of anilines is 1. The SMILES string of the molecule is CCN(c1ccc(/C=C/C(=O)O)cc1F)C(C)C. The van der Waals surface area contributed by atoms with Crippen LogP contribution in [0.5, 0.6) is 0 Å². The molecule has 0 heterocycles. The maximum absolute atomic E-state index is 13.9. The van der Waals surface area contributed by atoms with E-state index in [1.165, 1.54) is 12.1 Å². The number of nitrogens with zero attached hydrogens (tertiary/aromatic N) is 1. The maximum Gasteiger partial charge on any atom is 0.328 e. The Bertz CT molecular complexity index is 455. The van der Waals surface area contributed by atoms with Gasteiger partial charge in [-0.1, -0.05) is 6.07 Å². The van der Waals surface area contributed by atoms with Crippen LogP contribution in [0.4, 0.5) is 10.1 Å². The monoisotopic (exact) mass is 251 g/mol. The number of hydrogen-bond donors (Lipinski definition) is 1. The van der Waals surface area contributed by atoms with Crippen LogP contribution < -0.4 is 4.90 Å². The van der Waals surface area contributed by atoms with Crippen molar-refractivity contribution in [3.63, 3.8) is 0 Å². The van der Waals surface area contributed by atoms with Crippen LogP contribution in [-0.2, 0) is 4.79 Å². The van der Waals surface area contributed by atoms with Gasteiger partial charge >= 0.3 is 5.97 Å². The van der Waals surface area contributed by atoms with Crippen molar-refractivity contribution in [1.29, 1.82) is 0 Å². The van der Waals surface area contributed by atoms with E-state index in [9.17, 15) is 9.18 Å². The van der Waals surface area contributed by atoms with Crippen LogP contribution in [0.1, 0.15) is 26.3 Å². The molecule has 0 unspecified atom stereocenters. The predicted molar refractivity (Wildman–Crippen MR) is 71.2 cm³/mol. The summed E-state index contributed by atoms with van der Waals surface area (Å²) >= 11 is 0. The first-order valence-electron chi connectivity index (χ1n) is 5.93. The van der Waals surface area contributed by atoms with Gasteiger partial charge in [0.25, 0.3) is 0 Å². The van der Waals surface area contributed by atoms with Crippen molar-refractivity contribution in [2.45, 2.75) is 26.8 Å². The molecular weight excluding hydrogens is 233 g/mol. The van der Waals surface area contributed by atoms with Crippen LogP contribution in [0.3, 0.4) is 0 Å².